The minimum absolute atomic E-state index is 0. The zero-order valence-electron chi connectivity index (χ0n) is 12.6. The number of fused-ring (bicyclic) bond motifs is 1. The van der Waals surface area contributed by atoms with Crippen LogP contribution in [0.3, 0.4) is 0 Å². The molecule has 6 nitrogen and oxygen atoms in total. The summed E-state index contributed by atoms with van der Waals surface area (Å²) in [6, 6.07) is 4.34. The molecule has 0 saturated carbocycles. The Labute approximate surface area is 139 Å². The minimum Gasteiger partial charge on any atom is -0.497 e. The third-order valence-electron chi connectivity index (χ3n) is 3.64. The fraction of sp³-hybridized carbons (Fsp3) is 0.333. The molecule has 3 N–H and O–H groups in total. The van der Waals surface area contributed by atoms with E-state index in [1.165, 1.54) is 19.2 Å². The molecule has 1 aliphatic heterocycles. The van der Waals surface area contributed by atoms with Gasteiger partial charge in [-0.25, -0.2) is 4.39 Å². The largest absolute Gasteiger partial charge is 0.497 e. The predicted octanol–water partition coefficient (Wildman–Crippen LogP) is 1.55. The Hall–Kier alpha value is -2.12. The highest BCUT2D eigenvalue weighted by molar-refractivity contribution is 5.94. The molecule has 2 heterocycles. The quantitative estimate of drug-likeness (QED) is 0.789. The zero-order chi connectivity index (χ0) is 15.5. The number of aromatic amines is 1. The Kier molecular flexibility index (Phi) is 5.57. The zero-order valence-corrected chi connectivity index (χ0v) is 13.4. The van der Waals surface area contributed by atoms with Gasteiger partial charge in [-0.1, -0.05) is 0 Å². The highest BCUT2D eigenvalue weighted by Gasteiger charge is 2.21. The normalized spacial score (nSPS) is 13.0. The van der Waals surface area contributed by atoms with Gasteiger partial charge in [0.2, 0.25) is 0 Å². The molecule has 0 saturated heterocycles. The Morgan fingerprint density at radius 3 is 3.04 bits per heavy atom. The molecule has 0 unspecified atom stereocenters. The number of nitrogens with zero attached hydrogens (tertiary/aromatic N) is 1. The molecular weight excluding hydrogens is 323 g/mol. The van der Waals surface area contributed by atoms with Crippen molar-refractivity contribution >= 4 is 18.3 Å². The van der Waals surface area contributed by atoms with Gasteiger partial charge < -0.3 is 15.4 Å². The van der Waals surface area contributed by atoms with E-state index in [0.29, 0.717) is 23.6 Å². The number of ether oxygens (including phenoxy) is 1. The van der Waals surface area contributed by atoms with Gasteiger partial charge in [0.1, 0.15) is 11.6 Å². The van der Waals surface area contributed by atoms with Gasteiger partial charge in [0.25, 0.3) is 5.91 Å². The summed E-state index contributed by atoms with van der Waals surface area (Å²) in [4.78, 5) is 12.2. The van der Waals surface area contributed by atoms with Gasteiger partial charge in [0.15, 0.2) is 5.69 Å². The number of H-pyrrole nitrogens is 1. The topological polar surface area (TPSA) is 79.0 Å². The van der Waals surface area contributed by atoms with Gasteiger partial charge in [0, 0.05) is 43.4 Å². The molecule has 2 aromatic rings. The van der Waals surface area contributed by atoms with Crippen molar-refractivity contribution < 1.29 is 13.9 Å². The smallest absolute Gasteiger partial charge is 0.272 e. The second kappa shape index (κ2) is 7.43. The Bertz CT molecular complexity index is 705. The van der Waals surface area contributed by atoms with Crippen molar-refractivity contribution in [3.05, 3.63) is 46.5 Å². The average Bonchev–Trinajstić information content (AvgIpc) is 2.96. The number of rotatable bonds is 4. The summed E-state index contributed by atoms with van der Waals surface area (Å²) >= 11 is 0. The van der Waals surface area contributed by atoms with Crippen LogP contribution in [0.5, 0.6) is 5.75 Å². The van der Waals surface area contributed by atoms with Crippen molar-refractivity contribution in [2.75, 3.05) is 13.7 Å². The van der Waals surface area contributed by atoms with Crippen molar-refractivity contribution in [3.63, 3.8) is 0 Å². The van der Waals surface area contributed by atoms with E-state index in [-0.39, 0.29) is 24.9 Å². The molecule has 1 aromatic carbocycles. The summed E-state index contributed by atoms with van der Waals surface area (Å²) in [5.74, 6) is -0.250. The number of methoxy groups -OCH3 is 1. The van der Waals surface area contributed by atoms with Crippen molar-refractivity contribution in [2.45, 2.75) is 19.5 Å². The summed E-state index contributed by atoms with van der Waals surface area (Å²) < 4.78 is 18.4. The molecule has 0 spiro atoms. The number of nitrogens with one attached hydrogen (secondary N) is 3. The average molecular weight is 341 g/mol. The number of hydrogen-bond donors (Lipinski definition) is 3. The SMILES string of the molecule is COc1cc(F)cc(CNC(=O)c2n[nH]c3c2CNCC3)c1.Cl. The molecule has 8 heteroatoms. The highest BCUT2D eigenvalue weighted by Crippen LogP contribution is 2.17. The maximum absolute atomic E-state index is 13.4. The molecule has 1 amide bonds. The summed E-state index contributed by atoms with van der Waals surface area (Å²) in [7, 11) is 1.47. The van der Waals surface area contributed by atoms with Crippen LogP contribution in [-0.2, 0) is 19.5 Å². The van der Waals surface area contributed by atoms with E-state index >= 15 is 0 Å². The summed E-state index contributed by atoms with van der Waals surface area (Å²) in [5.41, 5.74) is 2.93. The Morgan fingerprint density at radius 1 is 1.43 bits per heavy atom. The van der Waals surface area contributed by atoms with Gasteiger partial charge in [-0.2, -0.15) is 5.10 Å². The van der Waals surface area contributed by atoms with Crippen molar-refractivity contribution in [1.82, 2.24) is 20.8 Å². The van der Waals surface area contributed by atoms with Crippen molar-refractivity contribution in [2.24, 2.45) is 0 Å². The van der Waals surface area contributed by atoms with Gasteiger partial charge in [-0.3, -0.25) is 9.89 Å². The highest BCUT2D eigenvalue weighted by atomic mass is 35.5. The van der Waals surface area contributed by atoms with Gasteiger partial charge in [-0.05, 0) is 17.7 Å². The number of amides is 1. The number of halogens is 2. The third-order valence-corrected chi connectivity index (χ3v) is 3.64. The maximum atomic E-state index is 13.4. The Morgan fingerprint density at radius 2 is 2.26 bits per heavy atom. The lowest BCUT2D eigenvalue weighted by Gasteiger charge is -2.13. The van der Waals surface area contributed by atoms with Crippen LogP contribution in [0, 0.1) is 5.82 Å². The molecular formula is C15H18ClFN4O2. The fourth-order valence-electron chi connectivity index (χ4n) is 2.52. The minimum atomic E-state index is -0.398. The molecule has 124 valence electrons. The lowest BCUT2D eigenvalue weighted by Crippen LogP contribution is -2.28. The summed E-state index contributed by atoms with van der Waals surface area (Å²) in [6.07, 6.45) is 0.830. The van der Waals surface area contributed by atoms with Crippen LogP contribution in [0.2, 0.25) is 0 Å². The first kappa shape index (κ1) is 17.2. The second-order valence-corrected chi connectivity index (χ2v) is 5.14. The fourth-order valence-corrected chi connectivity index (χ4v) is 2.52. The van der Waals surface area contributed by atoms with Crippen LogP contribution >= 0.6 is 12.4 Å². The molecule has 23 heavy (non-hydrogen) atoms. The Balaban J connectivity index is 0.00000192. The van der Waals surface area contributed by atoms with E-state index in [1.807, 2.05) is 0 Å². The second-order valence-electron chi connectivity index (χ2n) is 5.14. The first-order valence-corrected chi connectivity index (χ1v) is 7.06. The van der Waals surface area contributed by atoms with E-state index in [9.17, 15) is 9.18 Å². The standard InChI is InChI=1S/C15H17FN4O2.ClH/c1-22-11-5-9(4-10(16)6-11)7-18-15(21)14-12-8-17-3-2-13(12)19-20-14;/h4-6,17H,2-3,7-8H2,1H3,(H,18,21)(H,19,20);1H. The molecule has 0 bridgehead atoms. The number of aromatic nitrogens is 2. The number of benzene rings is 1. The predicted molar refractivity (Wildman–Crippen MR) is 85.4 cm³/mol. The van der Waals surface area contributed by atoms with E-state index in [2.05, 4.69) is 20.8 Å². The number of carbonyl (C=O) groups is 1. The molecule has 3 rings (SSSR count). The van der Waals surface area contributed by atoms with Crippen LogP contribution in [0.4, 0.5) is 4.39 Å². The lowest BCUT2D eigenvalue weighted by atomic mass is 10.1. The van der Waals surface area contributed by atoms with E-state index < -0.39 is 5.82 Å². The molecule has 0 fully saturated rings. The molecule has 0 atom stereocenters. The van der Waals surface area contributed by atoms with Gasteiger partial charge >= 0.3 is 0 Å². The van der Waals surface area contributed by atoms with E-state index in [0.717, 1.165) is 24.2 Å². The van der Waals surface area contributed by atoms with Crippen LogP contribution in [0.25, 0.3) is 0 Å². The van der Waals surface area contributed by atoms with Gasteiger partial charge in [0.05, 0.1) is 7.11 Å². The molecule has 1 aromatic heterocycles. The lowest BCUT2D eigenvalue weighted by molar-refractivity contribution is 0.0944. The van der Waals surface area contributed by atoms with E-state index in [4.69, 9.17) is 4.74 Å². The summed E-state index contributed by atoms with van der Waals surface area (Å²) in [5, 5.41) is 13.0. The van der Waals surface area contributed by atoms with Crippen LogP contribution in [0.1, 0.15) is 27.3 Å². The number of carbonyl (C=O) groups excluding carboxylic acids is 1. The molecule has 0 radical (unpaired) electrons. The summed E-state index contributed by atoms with van der Waals surface area (Å²) in [6.45, 7) is 1.71. The first-order valence-electron chi connectivity index (χ1n) is 7.06. The molecule has 1 aliphatic rings. The van der Waals surface area contributed by atoms with Crippen LogP contribution < -0.4 is 15.4 Å². The van der Waals surface area contributed by atoms with Gasteiger partial charge in [-0.15, -0.1) is 12.4 Å². The monoisotopic (exact) mass is 340 g/mol. The molecule has 0 aliphatic carbocycles. The van der Waals surface area contributed by atoms with E-state index in [1.54, 1.807) is 6.07 Å². The first-order chi connectivity index (χ1) is 10.7. The third kappa shape index (κ3) is 3.80. The van der Waals surface area contributed by atoms with Crippen molar-refractivity contribution in [3.8, 4) is 5.75 Å². The number of hydrogen-bond acceptors (Lipinski definition) is 4. The van der Waals surface area contributed by atoms with Crippen LogP contribution in [0.15, 0.2) is 18.2 Å². The maximum Gasteiger partial charge on any atom is 0.272 e. The van der Waals surface area contributed by atoms with Crippen molar-refractivity contribution in [1.29, 1.82) is 0 Å². The van der Waals surface area contributed by atoms with Crippen LogP contribution in [-0.4, -0.2) is 29.8 Å².